The average Bonchev–Trinajstić information content (AvgIpc) is 3.01. The number of nitro benzene ring substituents is 1. The first-order chi connectivity index (χ1) is 14.5. The minimum absolute atomic E-state index is 0.0829. The number of anilines is 1. The number of nitrogens with one attached hydrogen (secondary N) is 1. The third-order valence-electron chi connectivity index (χ3n) is 4.07. The van der Waals surface area contributed by atoms with Crippen LogP contribution in [0.2, 0.25) is 0 Å². The molecule has 30 heavy (non-hydrogen) atoms. The van der Waals surface area contributed by atoms with Crippen LogP contribution in [0.5, 0.6) is 11.5 Å². The summed E-state index contributed by atoms with van der Waals surface area (Å²) in [4.78, 5) is 36.0. The summed E-state index contributed by atoms with van der Waals surface area (Å²) >= 11 is 0. The summed E-state index contributed by atoms with van der Waals surface area (Å²) in [6, 6.07) is 11.2. The summed E-state index contributed by atoms with van der Waals surface area (Å²) in [5.74, 6) is 0.997. The minimum atomic E-state index is -0.650. The van der Waals surface area contributed by atoms with Gasteiger partial charge in [0.1, 0.15) is 12.2 Å². The number of nitro groups is 1. The van der Waals surface area contributed by atoms with Gasteiger partial charge in [0.15, 0.2) is 5.75 Å². The Labute approximate surface area is 172 Å². The second-order valence-corrected chi connectivity index (χ2v) is 6.03. The van der Waals surface area contributed by atoms with E-state index < -0.39 is 22.4 Å². The number of carbonyl (C=O) groups is 2. The molecule has 2 aromatic carbocycles. The van der Waals surface area contributed by atoms with Crippen molar-refractivity contribution >= 4 is 29.3 Å². The number of terminal acetylenes is 1. The maximum atomic E-state index is 12.7. The van der Waals surface area contributed by atoms with Gasteiger partial charge in [-0.1, -0.05) is 24.1 Å². The topological polar surface area (TPSA) is 111 Å². The lowest BCUT2D eigenvalue weighted by Gasteiger charge is -2.14. The van der Waals surface area contributed by atoms with Crippen molar-refractivity contribution in [1.82, 2.24) is 5.43 Å². The number of hydrazine groups is 1. The zero-order valence-corrected chi connectivity index (χ0v) is 16.0. The monoisotopic (exact) mass is 407 g/mol. The Bertz CT molecular complexity index is 1070. The van der Waals surface area contributed by atoms with Gasteiger partial charge >= 0.3 is 5.69 Å². The summed E-state index contributed by atoms with van der Waals surface area (Å²) in [5.41, 5.74) is 2.62. The van der Waals surface area contributed by atoms with Gasteiger partial charge in [-0.3, -0.25) is 25.1 Å². The predicted molar refractivity (Wildman–Crippen MR) is 109 cm³/mol. The molecule has 1 N–H and O–H groups in total. The molecule has 2 aromatic rings. The maximum absolute atomic E-state index is 12.7. The molecule has 0 bridgehead atoms. The SMILES string of the molecule is C#CCOc1c(OCC)cc(C=C2C(=O)NN(c3ccccc3)C2=O)cc1[N+](=O)[O-]. The fourth-order valence-corrected chi connectivity index (χ4v) is 2.83. The molecule has 3 rings (SSSR count). The van der Waals surface area contributed by atoms with Crippen molar-refractivity contribution in [3.8, 4) is 23.8 Å². The molecule has 0 atom stereocenters. The van der Waals surface area contributed by atoms with Crippen LogP contribution >= 0.6 is 0 Å². The van der Waals surface area contributed by atoms with E-state index in [4.69, 9.17) is 15.9 Å². The van der Waals surface area contributed by atoms with E-state index in [-0.39, 0.29) is 35.8 Å². The molecule has 1 saturated heterocycles. The van der Waals surface area contributed by atoms with Gasteiger partial charge in [0.25, 0.3) is 11.8 Å². The maximum Gasteiger partial charge on any atom is 0.315 e. The fourth-order valence-electron chi connectivity index (χ4n) is 2.83. The summed E-state index contributed by atoms with van der Waals surface area (Å²) in [5, 5.41) is 12.6. The molecule has 1 heterocycles. The van der Waals surface area contributed by atoms with Gasteiger partial charge < -0.3 is 9.47 Å². The first kappa shape index (κ1) is 20.4. The van der Waals surface area contributed by atoms with Crippen LogP contribution in [0.3, 0.4) is 0 Å². The van der Waals surface area contributed by atoms with Crippen LogP contribution in [0.1, 0.15) is 12.5 Å². The lowest BCUT2D eigenvalue weighted by atomic mass is 10.1. The highest BCUT2D eigenvalue weighted by Gasteiger charge is 2.34. The number of carbonyl (C=O) groups excluding carboxylic acids is 2. The van der Waals surface area contributed by atoms with E-state index in [2.05, 4.69) is 11.3 Å². The van der Waals surface area contributed by atoms with E-state index >= 15 is 0 Å². The highest BCUT2D eigenvalue weighted by Crippen LogP contribution is 2.39. The molecule has 0 aliphatic carbocycles. The van der Waals surface area contributed by atoms with Gasteiger partial charge in [-0.15, -0.1) is 6.42 Å². The molecule has 2 amide bonds. The summed E-state index contributed by atoms with van der Waals surface area (Å²) in [7, 11) is 0. The number of para-hydroxylation sites is 1. The van der Waals surface area contributed by atoms with E-state index in [1.165, 1.54) is 18.2 Å². The molecule has 0 saturated carbocycles. The highest BCUT2D eigenvalue weighted by molar-refractivity contribution is 6.31. The molecule has 1 aliphatic heterocycles. The number of ether oxygens (including phenoxy) is 2. The third-order valence-corrected chi connectivity index (χ3v) is 4.07. The molecule has 0 spiro atoms. The first-order valence-electron chi connectivity index (χ1n) is 8.90. The standard InChI is InChI=1S/C21H17N3O6/c1-3-10-30-19-17(24(27)28)12-14(13-18(19)29-4-2)11-16-20(25)22-23(21(16)26)15-8-6-5-7-9-15/h1,5-9,11-13H,4,10H2,2H3,(H,22,25). The Kier molecular flexibility index (Phi) is 5.98. The van der Waals surface area contributed by atoms with Gasteiger partial charge in [-0.2, -0.15) is 0 Å². The van der Waals surface area contributed by atoms with Crippen LogP contribution in [-0.4, -0.2) is 30.0 Å². The average molecular weight is 407 g/mol. The zero-order chi connectivity index (χ0) is 21.7. The van der Waals surface area contributed by atoms with Crippen LogP contribution < -0.4 is 19.9 Å². The molecular formula is C21H17N3O6. The van der Waals surface area contributed by atoms with Crippen molar-refractivity contribution in [3.05, 3.63) is 63.7 Å². The van der Waals surface area contributed by atoms with E-state index in [0.717, 1.165) is 5.01 Å². The van der Waals surface area contributed by atoms with Crippen molar-refractivity contribution in [2.45, 2.75) is 6.92 Å². The van der Waals surface area contributed by atoms with Crippen LogP contribution in [0, 0.1) is 22.5 Å². The Morgan fingerprint density at radius 1 is 1.23 bits per heavy atom. The molecule has 0 unspecified atom stereocenters. The number of hydrogen-bond donors (Lipinski definition) is 1. The van der Waals surface area contributed by atoms with E-state index in [9.17, 15) is 19.7 Å². The lowest BCUT2D eigenvalue weighted by molar-refractivity contribution is -0.385. The van der Waals surface area contributed by atoms with Gasteiger partial charge in [0, 0.05) is 6.07 Å². The predicted octanol–water partition coefficient (Wildman–Crippen LogP) is 2.47. The second kappa shape index (κ2) is 8.79. The van der Waals surface area contributed by atoms with Crippen LogP contribution in [0.15, 0.2) is 48.0 Å². The molecular weight excluding hydrogens is 390 g/mol. The van der Waals surface area contributed by atoms with Gasteiger partial charge in [0.2, 0.25) is 5.75 Å². The Balaban J connectivity index is 2.04. The highest BCUT2D eigenvalue weighted by atomic mass is 16.6. The third kappa shape index (κ3) is 4.07. The fraction of sp³-hybridized carbons (Fsp3) is 0.143. The second-order valence-electron chi connectivity index (χ2n) is 6.03. The van der Waals surface area contributed by atoms with Crippen molar-refractivity contribution < 1.29 is 24.0 Å². The van der Waals surface area contributed by atoms with E-state index in [1.807, 2.05) is 0 Å². The molecule has 1 aliphatic rings. The van der Waals surface area contributed by atoms with E-state index in [1.54, 1.807) is 37.3 Å². The number of amides is 2. The van der Waals surface area contributed by atoms with Gasteiger partial charge in [0.05, 0.1) is 17.2 Å². The van der Waals surface area contributed by atoms with Crippen molar-refractivity contribution in [2.75, 3.05) is 18.2 Å². The van der Waals surface area contributed by atoms with Crippen molar-refractivity contribution in [3.63, 3.8) is 0 Å². The van der Waals surface area contributed by atoms with Crippen molar-refractivity contribution in [2.24, 2.45) is 0 Å². The first-order valence-corrected chi connectivity index (χ1v) is 8.90. The summed E-state index contributed by atoms with van der Waals surface area (Å²) in [6.45, 7) is 1.73. The Morgan fingerprint density at radius 3 is 2.60 bits per heavy atom. The summed E-state index contributed by atoms with van der Waals surface area (Å²) < 4.78 is 10.7. The van der Waals surface area contributed by atoms with Crippen LogP contribution in [-0.2, 0) is 9.59 Å². The molecule has 9 nitrogen and oxygen atoms in total. The number of hydrogen-bond acceptors (Lipinski definition) is 6. The lowest BCUT2D eigenvalue weighted by Crippen LogP contribution is -2.35. The quantitative estimate of drug-likeness (QED) is 0.248. The Morgan fingerprint density at radius 2 is 1.97 bits per heavy atom. The number of rotatable bonds is 7. The van der Waals surface area contributed by atoms with Crippen molar-refractivity contribution in [1.29, 1.82) is 0 Å². The minimum Gasteiger partial charge on any atom is -0.490 e. The van der Waals surface area contributed by atoms with Gasteiger partial charge in [-0.25, -0.2) is 5.01 Å². The Hall–Kier alpha value is -4.32. The normalized spacial score (nSPS) is 14.4. The molecule has 1 fully saturated rings. The molecule has 152 valence electrons. The largest absolute Gasteiger partial charge is 0.490 e. The van der Waals surface area contributed by atoms with Gasteiger partial charge in [-0.05, 0) is 36.8 Å². The van der Waals surface area contributed by atoms with E-state index in [0.29, 0.717) is 5.69 Å². The summed E-state index contributed by atoms with van der Waals surface area (Å²) in [6.07, 6.45) is 6.44. The van der Waals surface area contributed by atoms with Crippen LogP contribution in [0.25, 0.3) is 6.08 Å². The number of nitrogens with zero attached hydrogens (tertiary/aromatic N) is 2. The smallest absolute Gasteiger partial charge is 0.315 e. The van der Waals surface area contributed by atoms with Crippen LogP contribution in [0.4, 0.5) is 11.4 Å². The molecule has 9 heteroatoms. The molecule has 0 radical (unpaired) electrons. The zero-order valence-electron chi connectivity index (χ0n) is 16.0. The number of benzene rings is 2. The molecule has 0 aromatic heterocycles.